The van der Waals surface area contributed by atoms with Gasteiger partial charge in [-0.3, -0.25) is 9.69 Å². The molecule has 1 aromatic carbocycles. The van der Waals surface area contributed by atoms with E-state index in [1.54, 1.807) is 29.3 Å². The van der Waals surface area contributed by atoms with E-state index >= 15 is 0 Å². The van der Waals surface area contributed by atoms with E-state index in [-0.39, 0.29) is 11.9 Å². The van der Waals surface area contributed by atoms with Crippen LogP contribution in [0.1, 0.15) is 31.1 Å². The molecule has 0 unspecified atom stereocenters. The number of carbonyl (C=O) groups excluding carboxylic acids is 2. The van der Waals surface area contributed by atoms with Crippen LogP contribution in [0, 0.1) is 0 Å². The van der Waals surface area contributed by atoms with Gasteiger partial charge in [-0.15, -0.1) is 0 Å². The molecule has 7 nitrogen and oxygen atoms in total. The predicted molar refractivity (Wildman–Crippen MR) is 113 cm³/mol. The highest BCUT2D eigenvalue weighted by Gasteiger charge is 2.25. The molecule has 1 saturated heterocycles. The summed E-state index contributed by atoms with van der Waals surface area (Å²) >= 11 is 0. The topological polar surface area (TPSA) is 62.3 Å². The third-order valence-electron chi connectivity index (χ3n) is 4.34. The van der Waals surface area contributed by atoms with Gasteiger partial charge in [0.05, 0.1) is 0 Å². The number of allylic oxidation sites excluding steroid dienone is 1. The first-order chi connectivity index (χ1) is 13.6. The Balaban J connectivity index is 1.75. The van der Waals surface area contributed by atoms with Gasteiger partial charge in [0.1, 0.15) is 18.0 Å². The molecule has 29 heavy (non-hydrogen) atoms. The van der Waals surface area contributed by atoms with Crippen LogP contribution in [-0.2, 0) is 4.74 Å². The van der Waals surface area contributed by atoms with Crippen molar-refractivity contribution in [3.05, 3.63) is 42.1 Å². The summed E-state index contributed by atoms with van der Waals surface area (Å²) in [6.07, 6.45) is 3.02. The molecule has 2 rings (SSSR count). The smallest absolute Gasteiger partial charge is 0.410 e. The number of nitrogens with zero attached hydrogens (tertiary/aromatic N) is 3. The Bertz CT molecular complexity index is 717. The standard InChI is InChI=1S/C22H33N3O4/c1-22(2,3)29-21(27)25-13-11-24(12-14-25)15-16-28-19-8-6-7-18(17-19)20(26)9-10-23(4)5/h6-10,17H,11-16H2,1-5H3/b10-9+. The lowest BCUT2D eigenvalue weighted by molar-refractivity contribution is 0.0137. The molecule has 0 N–H and O–H groups in total. The molecule has 1 aliphatic heterocycles. The molecule has 1 amide bonds. The van der Waals surface area contributed by atoms with Gasteiger partial charge in [0, 0.05) is 64.7 Å². The Morgan fingerprint density at radius 2 is 1.83 bits per heavy atom. The highest BCUT2D eigenvalue weighted by Crippen LogP contribution is 2.15. The maximum atomic E-state index is 12.2. The molecule has 1 fully saturated rings. The molecule has 0 aromatic heterocycles. The van der Waals surface area contributed by atoms with Crippen molar-refractivity contribution in [2.45, 2.75) is 26.4 Å². The normalized spacial score (nSPS) is 15.4. The average molecular weight is 404 g/mol. The van der Waals surface area contributed by atoms with Gasteiger partial charge in [-0.25, -0.2) is 4.79 Å². The monoisotopic (exact) mass is 403 g/mol. The molecule has 0 atom stereocenters. The van der Waals surface area contributed by atoms with Gasteiger partial charge >= 0.3 is 6.09 Å². The SMILES string of the molecule is CN(C)/C=C/C(=O)c1cccc(OCCN2CCN(C(=O)OC(C)(C)C)CC2)c1. The molecule has 0 saturated carbocycles. The third kappa shape index (κ3) is 8.15. The number of benzene rings is 1. The summed E-state index contributed by atoms with van der Waals surface area (Å²) in [6, 6.07) is 7.23. The molecule has 1 aliphatic rings. The number of ketones is 1. The number of rotatable bonds is 7. The third-order valence-corrected chi connectivity index (χ3v) is 4.34. The maximum absolute atomic E-state index is 12.2. The molecule has 0 aliphatic carbocycles. The maximum Gasteiger partial charge on any atom is 0.410 e. The van der Waals surface area contributed by atoms with Gasteiger partial charge in [-0.2, -0.15) is 0 Å². The van der Waals surface area contributed by atoms with E-state index < -0.39 is 5.60 Å². The Morgan fingerprint density at radius 3 is 2.45 bits per heavy atom. The minimum Gasteiger partial charge on any atom is -0.492 e. The molecular weight excluding hydrogens is 370 g/mol. The largest absolute Gasteiger partial charge is 0.492 e. The van der Waals surface area contributed by atoms with Gasteiger partial charge in [0.25, 0.3) is 0 Å². The summed E-state index contributed by atoms with van der Waals surface area (Å²) in [5.41, 5.74) is 0.131. The average Bonchev–Trinajstić information content (AvgIpc) is 2.65. The number of piperazine rings is 1. The van der Waals surface area contributed by atoms with E-state index in [0.717, 1.165) is 19.6 Å². The summed E-state index contributed by atoms with van der Waals surface area (Å²) in [7, 11) is 3.74. The summed E-state index contributed by atoms with van der Waals surface area (Å²) < 4.78 is 11.3. The molecule has 1 aromatic rings. The number of carbonyl (C=O) groups is 2. The lowest BCUT2D eigenvalue weighted by Gasteiger charge is -2.35. The van der Waals surface area contributed by atoms with Gasteiger partial charge in [0.15, 0.2) is 5.78 Å². The van der Waals surface area contributed by atoms with E-state index in [4.69, 9.17) is 9.47 Å². The van der Waals surface area contributed by atoms with Crippen molar-refractivity contribution in [2.24, 2.45) is 0 Å². The zero-order valence-corrected chi connectivity index (χ0v) is 18.2. The first kappa shape index (κ1) is 22.7. The van der Waals surface area contributed by atoms with Crippen LogP contribution in [0.5, 0.6) is 5.75 Å². The molecule has 0 radical (unpaired) electrons. The molecule has 1 heterocycles. The first-order valence-electron chi connectivity index (χ1n) is 9.96. The van der Waals surface area contributed by atoms with Crippen LogP contribution in [-0.4, -0.2) is 85.6 Å². The van der Waals surface area contributed by atoms with Crippen molar-refractivity contribution < 1.29 is 19.1 Å². The second-order valence-electron chi connectivity index (χ2n) is 8.33. The van der Waals surface area contributed by atoms with Crippen molar-refractivity contribution in [1.82, 2.24) is 14.7 Å². The van der Waals surface area contributed by atoms with Gasteiger partial charge < -0.3 is 19.3 Å². The Hall–Kier alpha value is -2.54. The first-order valence-corrected chi connectivity index (χ1v) is 9.96. The zero-order chi connectivity index (χ0) is 21.4. The van der Waals surface area contributed by atoms with E-state index in [1.165, 1.54) is 0 Å². The van der Waals surface area contributed by atoms with Crippen molar-refractivity contribution in [3.63, 3.8) is 0 Å². The van der Waals surface area contributed by atoms with Crippen molar-refractivity contribution >= 4 is 11.9 Å². The molecular formula is C22H33N3O4. The Morgan fingerprint density at radius 1 is 1.14 bits per heavy atom. The van der Waals surface area contributed by atoms with Crippen LogP contribution in [0.2, 0.25) is 0 Å². The lowest BCUT2D eigenvalue weighted by Crippen LogP contribution is -2.50. The fraction of sp³-hybridized carbons (Fsp3) is 0.545. The van der Waals surface area contributed by atoms with Crippen molar-refractivity contribution in [2.75, 3.05) is 53.4 Å². The number of amides is 1. The van der Waals surface area contributed by atoms with E-state index in [9.17, 15) is 9.59 Å². The summed E-state index contributed by atoms with van der Waals surface area (Å²) in [4.78, 5) is 30.1. The van der Waals surface area contributed by atoms with E-state index in [1.807, 2.05) is 51.9 Å². The second-order valence-corrected chi connectivity index (χ2v) is 8.33. The summed E-state index contributed by atoms with van der Waals surface area (Å²) in [5, 5.41) is 0. The van der Waals surface area contributed by atoms with Crippen molar-refractivity contribution in [1.29, 1.82) is 0 Å². The van der Waals surface area contributed by atoms with Crippen LogP contribution in [0.3, 0.4) is 0 Å². The number of hydrogen-bond acceptors (Lipinski definition) is 6. The Kier molecular flexibility index (Phi) is 8.08. The van der Waals surface area contributed by atoms with Crippen LogP contribution >= 0.6 is 0 Å². The summed E-state index contributed by atoms with van der Waals surface area (Å²) in [6.45, 7) is 9.79. The van der Waals surface area contributed by atoms with Crippen molar-refractivity contribution in [3.8, 4) is 5.75 Å². The molecule has 0 bridgehead atoms. The van der Waals surface area contributed by atoms with Gasteiger partial charge in [-0.1, -0.05) is 12.1 Å². The molecule has 0 spiro atoms. The Labute approximate surface area is 173 Å². The summed E-state index contributed by atoms with van der Waals surface area (Å²) in [5.74, 6) is 0.629. The molecule has 160 valence electrons. The highest BCUT2D eigenvalue weighted by molar-refractivity contribution is 6.04. The predicted octanol–water partition coefficient (Wildman–Crippen LogP) is 2.88. The van der Waals surface area contributed by atoms with Crippen LogP contribution in [0.4, 0.5) is 4.79 Å². The van der Waals surface area contributed by atoms with Gasteiger partial charge in [-0.05, 0) is 32.9 Å². The number of ether oxygens (including phenoxy) is 2. The van der Waals surface area contributed by atoms with Crippen LogP contribution in [0.15, 0.2) is 36.5 Å². The zero-order valence-electron chi connectivity index (χ0n) is 18.2. The fourth-order valence-electron chi connectivity index (χ4n) is 2.83. The highest BCUT2D eigenvalue weighted by atomic mass is 16.6. The lowest BCUT2D eigenvalue weighted by atomic mass is 10.1. The van der Waals surface area contributed by atoms with Crippen LogP contribution < -0.4 is 4.74 Å². The minimum atomic E-state index is -0.472. The van der Waals surface area contributed by atoms with E-state index in [2.05, 4.69) is 4.90 Å². The quantitative estimate of drug-likeness (QED) is 0.515. The fourth-order valence-corrected chi connectivity index (χ4v) is 2.83. The minimum absolute atomic E-state index is 0.0533. The second kappa shape index (κ2) is 10.3. The van der Waals surface area contributed by atoms with Gasteiger partial charge in [0.2, 0.25) is 0 Å². The molecule has 7 heteroatoms. The number of hydrogen-bond donors (Lipinski definition) is 0. The van der Waals surface area contributed by atoms with E-state index in [0.29, 0.717) is 31.0 Å². The van der Waals surface area contributed by atoms with Crippen LogP contribution in [0.25, 0.3) is 0 Å².